The molecule has 0 amide bonds. The predicted molar refractivity (Wildman–Crippen MR) is 145 cm³/mol. The van der Waals surface area contributed by atoms with Crippen LogP contribution in [0.15, 0.2) is 29.6 Å². The van der Waals surface area contributed by atoms with E-state index in [2.05, 4.69) is 45.8 Å². The molecule has 0 saturated carbocycles. The van der Waals surface area contributed by atoms with Crippen molar-refractivity contribution < 1.29 is 23.4 Å². The van der Waals surface area contributed by atoms with E-state index in [-0.39, 0.29) is 11.1 Å². The summed E-state index contributed by atoms with van der Waals surface area (Å²) in [5, 5.41) is 2.44. The molecular weight excluding hydrogens is 478 g/mol. The van der Waals surface area contributed by atoms with Gasteiger partial charge in [-0.25, -0.2) is 9.78 Å². The largest absolute Gasteiger partial charge is 0.494 e. The highest BCUT2D eigenvalue weighted by molar-refractivity contribution is 7.10. The Bertz CT molecular complexity index is 907. The van der Waals surface area contributed by atoms with Gasteiger partial charge in [0.25, 0.3) is 0 Å². The monoisotopic (exact) mass is 521 g/mol. The minimum absolute atomic E-state index is 0.0168. The van der Waals surface area contributed by atoms with Gasteiger partial charge in [-0.3, -0.25) is 0 Å². The number of hydrogen-bond acceptors (Lipinski definition) is 7. The summed E-state index contributed by atoms with van der Waals surface area (Å²) in [6.45, 7) is 15.9. The van der Waals surface area contributed by atoms with E-state index >= 15 is 0 Å². The number of hydrogen-bond donors (Lipinski definition) is 0. The molecule has 0 aliphatic carbocycles. The van der Waals surface area contributed by atoms with Crippen LogP contribution >= 0.6 is 11.3 Å². The van der Waals surface area contributed by atoms with Crippen molar-refractivity contribution >= 4 is 25.6 Å². The Labute approximate surface area is 216 Å². The Kier molecular flexibility index (Phi) is 11.2. The van der Waals surface area contributed by atoms with Gasteiger partial charge in [0.2, 0.25) is 0 Å². The van der Waals surface area contributed by atoms with Gasteiger partial charge in [-0.2, -0.15) is 0 Å². The van der Waals surface area contributed by atoms with Crippen LogP contribution < -0.4 is 9.47 Å². The molecule has 196 valence electrons. The molecule has 0 fully saturated rings. The minimum atomic E-state index is -2.14. The molecule has 1 heterocycles. The fraction of sp³-hybridized carbons (Fsp3) is 0.630. The van der Waals surface area contributed by atoms with Crippen molar-refractivity contribution in [3.8, 4) is 11.5 Å². The van der Waals surface area contributed by atoms with E-state index in [9.17, 15) is 4.79 Å². The number of benzene rings is 1. The number of nitrogens with zero attached hydrogens (tertiary/aromatic N) is 1. The summed E-state index contributed by atoms with van der Waals surface area (Å²) in [7, 11) is -0.785. The molecule has 0 aliphatic rings. The molecule has 6 nitrogen and oxygen atoms in total. The van der Waals surface area contributed by atoms with E-state index in [0.717, 1.165) is 24.5 Å². The van der Waals surface area contributed by atoms with Crippen LogP contribution in [-0.2, 0) is 9.16 Å². The van der Waals surface area contributed by atoms with Crippen LogP contribution in [0.4, 0.5) is 0 Å². The SMILES string of the molecule is CCCCCCCOc1ccc(OC(C)C(O[Si](C)(C)C(C)(C)C)c2nc(C(=O)OC)cs2)cc1. The number of rotatable bonds is 14. The zero-order valence-corrected chi connectivity index (χ0v) is 24.5. The zero-order valence-electron chi connectivity index (χ0n) is 22.7. The minimum Gasteiger partial charge on any atom is -0.494 e. The van der Waals surface area contributed by atoms with Crippen molar-refractivity contribution in [2.75, 3.05) is 13.7 Å². The number of unbranched alkanes of at least 4 members (excludes halogenated alkanes) is 4. The number of carbonyl (C=O) groups is 1. The van der Waals surface area contributed by atoms with Crippen LogP contribution in [0.1, 0.15) is 88.3 Å². The van der Waals surface area contributed by atoms with Gasteiger partial charge in [-0.15, -0.1) is 11.3 Å². The number of carbonyl (C=O) groups excluding carboxylic acids is 1. The fourth-order valence-electron chi connectivity index (χ4n) is 3.24. The lowest BCUT2D eigenvalue weighted by Gasteiger charge is -2.40. The average molecular weight is 522 g/mol. The molecule has 0 aliphatic heterocycles. The summed E-state index contributed by atoms with van der Waals surface area (Å²) in [6, 6.07) is 7.73. The molecule has 2 unspecified atom stereocenters. The first kappa shape index (κ1) is 29.3. The van der Waals surface area contributed by atoms with Crippen LogP contribution in [0.3, 0.4) is 0 Å². The standard InChI is InChI=1S/C27H43NO5SSi/c1-9-10-11-12-13-18-31-21-14-16-22(17-15-21)32-20(2)24(33-35(7,8)27(3,4)5)25-28-23(19-34-25)26(29)30-6/h14-17,19-20,24H,9-13,18H2,1-8H3. The van der Waals surface area contributed by atoms with Crippen LogP contribution in [-0.4, -0.2) is 39.1 Å². The molecule has 8 heteroatoms. The highest BCUT2D eigenvalue weighted by Crippen LogP contribution is 2.41. The second-order valence-corrected chi connectivity index (χ2v) is 16.1. The van der Waals surface area contributed by atoms with Crippen LogP contribution in [0.25, 0.3) is 0 Å². The normalized spacial score (nSPS) is 13.8. The maximum atomic E-state index is 12.0. The van der Waals surface area contributed by atoms with Crippen molar-refractivity contribution in [1.29, 1.82) is 0 Å². The number of esters is 1. The molecule has 35 heavy (non-hydrogen) atoms. The van der Waals surface area contributed by atoms with E-state index in [0.29, 0.717) is 10.7 Å². The highest BCUT2D eigenvalue weighted by atomic mass is 32.1. The fourth-order valence-corrected chi connectivity index (χ4v) is 5.53. The van der Waals surface area contributed by atoms with Crippen molar-refractivity contribution in [3.63, 3.8) is 0 Å². The van der Waals surface area contributed by atoms with E-state index in [4.69, 9.17) is 18.6 Å². The molecular formula is C27H43NO5SSi. The molecule has 2 aromatic rings. The second-order valence-electron chi connectivity index (χ2n) is 10.4. The number of methoxy groups -OCH3 is 1. The summed E-state index contributed by atoms with van der Waals surface area (Å²) in [5.41, 5.74) is 0.291. The predicted octanol–water partition coefficient (Wildman–Crippen LogP) is 7.81. The Morgan fingerprint density at radius 2 is 1.69 bits per heavy atom. The quantitative estimate of drug-likeness (QED) is 0.143. The van der Waals surface area contributed by atoms with E-state index in [1.54, 1.807) is 5.38 Å². The van der Waals surface area contributed by atoms with Gasteiger partial charge in [0.1, 0.15) is 28.7 Å². The summed E-state index contributed by atoms with van der Waals surface area (Å²) in [5.74, 6) is 1.13. The molecule has 0 saturated heterocycles. The first-order valence-corrected chi connectivity index (χ1v) is 16.4. The van der Waals surface area contributed by atoms with E-state index in [1.807, 2.05) is 31.2 Å². The smallest absolute Gasteiger partial charge is 0.357 e. The Balaban J connectivity index is 2.09. The van der Waals surface area contributed by atoms with Gasteiger partial charge < -0.3 is 18.6 Å². The lowest BCUT2D eigenvalue weighted by Crippen LogP contribution is -2.44. The van der Waals surface area contributed by atoms with Gasteiger partial charge in [0.15, 0.2) is 14.0 Å². The molecule has 2 rings (SSSR count). The van der Waals surface area contributed by atoms with E-state index in [1.165, 1.54) is 44.1 Å². The molecule has 0 radical (unpaired) electrons. The molecule has 1 aromatic carbocycles. The molecule has 0 spiro atoms. The van der Waals surface area contributed by atoms with Crippen molar-refractivity contribution in [1.82, 2.24) is 4.98 Å². The van der Waals surface area contributed by atoms with Gasteiger partial charge >= 0.3 is 5.97 Å². The third-order valence-corrected chi connectivity index (χ3v) is 11.8. The Morgan fingerprint density at radius 3 is 2.29 bits per heavy atom. The van der Waals surface area contributed by atoms with Crippen LogP contribution in [0, 0.1) is 0 Å². The second kappa shape index (κ2) is 13.4. The van der Waals surface area contributed by atoms with Crippen molar-refractivity contribution in [3.05, 3.63) is 40.3 Å². The maximum Gasteiger partial charge on any atom is 0.357 e. The lowest BCUT2D eigenvalue weighted by molar-refractivity contribution is 0.0532. The molecule has 2 atom stereocenters. The lowest BCUT2D eigenvalue weighted by atomic mass is 10.2. The van der Waals surface area contributed by atoms with Crippen LogP contribution in [0.2, 0.25) is 18.1 Å². The third kappa shape index (κ3) is 8.92. The maximum absolute atomic E-state index is 12.0. The average Bonchev–Trinajstić information content (AvgIpc) is 3.29. The van der Waals surface area contributed by atoms with Gasteiger partial charge in [0, 0.05) is 5.38 Å². The topological polar surface area (TPSA) is 66.9 Å². The summed E-state index contributed by atoms with van der Waals surface area (Å²) in [4.78, 5) is 16.5. The number of aromatic nitrogens is 1. The first-order valence-electron chi connectivity index (χ1n) is 12.6. The zero-order chi connectivity index (χ0) is 26.1. The molecule has 0 bridgehead atoms. The van der Waals surface area contributed by atoms with Gasteiger partial charge in [-0.05, 0) is 55.7 Å². The number of ether oxygens (including phenoxy) is 3. The van der Waals surface area contributed by atoms with Crippen molar-refractivity contribution in [2.24, 2.45) is 0 Å². The highest BCUT2D eigenvalue weighted by Gasteiger charge is 2.42. The Morgan fingerprint density at radius 1 is 1.06 bits per heavy atom. The first-order chi connectivity index (χ1) is 16.5. The summed E-state index contributed by atoms with van der Waals surface area (Å²) >= 11 is 1.40. The van der Waals surface area contributed by atoms with Crippen molar-refractivity contribution in [2.45, 2.75) is 97.1 Å². The summed E-state index contributed by atoms with van der Waals surface area (Å²) < 4.78 is 23.8. The summed E-state index contributed by atoms with van der Waals surface area (Å²) in [6.07, 6.45) is 5.36. The van der Waals surface area contributed by atoms with E-state index < -0.39 is 20.4 Å². The number of thiazole rings is 1. The van der Waals surface area contributed by atoms with Gasteiger partial charge in [0.05, 0.1) is 13.7 Å². The van der Waals surface area contributed by atoms with Gasteiger partial charge in [-0.1, -0.05) is 53.4 Å². The molecule has 1 aromatic heterocycles. The Hall–Kier alpha value is -1.90. The third-order valence-electron chi connectivity index (χ3n) is 6.48. The molecule has 0 N–H and O–H groups in total. The van der Waals surface area contributed by atoms with Crippen LogP contribution in [0.5, 0.6) is 11.5 Å².